The molecule has 3 atom stereocenters. The van der Waals surface area contributed by atoms with Gasteiger partial charge in [-0.1, -0.05) is 11.3 Å². The van der Waals surface area contributed by atoms with Gasteiger partial charge in [-0.05, 0) is 49.7 Å². The predicted octanol–water partition coefficient (Wildman–Crippen LogP) is 2.04. The Morgan fingerprint density at radius 1 is 1.26 bits per heavy atom. The second-order valence-electron chi connectivity index (χ2n) is 9.46. The van der Waals surface area contributed by atoms with Crippen molar-refractivity contribution in [2.75, 3.05) is 24.6 Å². The number of benzene rings is 1. The Balaban J connectivity index is 1.08. The number of carbonyl (C=O) groups is 2. The highest BCUT2D eigenvalue weighted by Gasteiger charge is 2.33. The zero-order valence-electron chi connectivity index (χ0n) is 20.8. The Hall–Kier alpha value is -4.36. The van der Waals surface area contributed by atoms with Crippen LogP contribution in [0.3, 0.4) is 0 Å². The van der Waals surface area contributed by atoms with E-state index in [1.807, 2.05) is 0 Å². The third-order valence-corrected chi connectivity index (χ3v) is 6.76. The van der Waals surface area contributed by atoms with Crippen molar-refractivity contribution in [1.29, 1.82) is 0 Å². The lowest BCUT2D eigenvalue weighted by Crippen LogP contribution is -2.34. The molecule has 12 nitrogen and oxygen atoms in total. The van der Waals surface area contributed by atoms with Gasteiger partial charge in [-0.3, -0.25) is 25.0 Å². The Bertz CT molecular complexity index is 1380. The summed E-state index contributed by atoms with van der Waals surface area (Å²) in [5.74, 6) is -0.767. The fraction of sp³-hybridized carbons (Fsp3) is 0.346. The highest BCUT2D eigenvalue weighted by Crippen LogP contribution is 2.30. The Kier molecular flexibility index (Phi) is 6.90. The summed E-state index contributed by atoms with van der Waals surface area (Å²) in [5.41, 5.74) is 5.36. The number of esters is 1. The van der Waals surface area contributed by atoms with Crippen molar-refractivity contribution in [2.45, 2.75) is 37.6 Å². The molecular weight excluding hydrogens is 509 g/mol. The van der Waals surface area contributed by atoms with Crippen LogP contribution in [0, 0.1) is 5.82 Å². The summed E-state index contributed by atoms with van der Waals surface area (Å²) in [6.07, 6.45) is 6.92. The molecule has 2 fully saturated rings. The van der Waals surface area contributed by atoms with E-state index >= 15 is 4.39 Å². The van der Waals surface area contributed by atoms with E-state index in [2.05, 4.69) is 26.1 Å². The Labute approximate surface area is 222 Å². The van der Waals surface area contributed by atoms with Gasteiger partial charge in [0.05, 0.1) is 36.4 Å². The number of hydrogen-bond donors (Lipinski definition) is 2. The summed E-state index contributed by atoms with van der Waals surface area (Å²) < 4.78 is 27.4. The van der Waals surface area contributed by atoms with Crippen LogP contribution in [0.2, 0.25) is 0 Å². The number of aromatic nitrogens is 4. The molecular formula is C26H26FN7O5. The molecule has 2 aromatic heterocycles. The molecule has 5 heterocycles. The second-order valence-corrected chi connectivity index (χ2v) is 9.46. The molecule has 0 spiro atoms. The normalized spacial score (nSPS) is 22.5. The van der Waals surface area contributed by atoms with E-state index in [-0.39, 0.29) is 25.2 Å². The molecule has 2 N–H and O–H groups in total. The number of amides is 1. The summed E-state index contributed by atoms with van der Waals surface area (Å²) in [7, 11) is 0. The maximum Gasteiger partial charge on any atom is 0.414 e. The van der Waals surface area contributed by atoms with Crippen LogP contribution < -0.4 is 15.7 Å². The number of halogens is 1. The Morgan fingerprint density at radius 2 is 2.18 bits per heavy atom. The number of rotatable bonds is 8. The lowest BCUT2D eigenvalue weighted by Gasteiger charge is -2.14. The summed E-state index contributed by atoms with van der Waals surface area (Å²) in [5, 5.41) is 10.7. The van der Waals surface area contributed by atoms with Gasteiger partial charge in [-0.15, -0.1) is 5.10 Å². The van der Waals surface area contributed by atoms with E-state index in [9.17, 15) is 9.59 Å². The van der Waals surface area contributed by atoms with Crippen molar-refractivity contribution < 1.29 is 28.3 Å². The topological polar surface area (TPSA) is 133 Å². The minimum absolute atomic E-state index is 0.0922. The van der Waals surface area contributed by atoms with Crippen LogP contribution in [0.25, 0.3) is 16.8 Å². The summed E-state index contributed by atoms with van der Waals surface area (Å²) in [4.78, 5) is 35.8. The zero-order chi connectivity index (χ0) is 26.8. The van der Waals surface area contributed by atoms with Crippen LogP contribution in [0.4, 0.5) is 14.9 Å². The molecule has 0 aliphatic carbocycles. The predicted molar refractivity (Wildman–Crippen MR) is 135 cm³/mol. The van der Waals surface area contributed by atoms with E-state index in [1.165, 1.54) is 11.0 Å². The molecule has 39 heavy (non-hydrogen) atoms. The average Bonchev–Trinajstić information content (AvgIpc) is 3.76. The van der Waals surface area contributed by atoms with Crippen molar-refractivity contribution in [3.8, 4) is 11.1 Å². The largest absolute Gasteiger partial charge is 0.461 e. The van der Waals surface area contributed by atoms with Gasteiger partial charge >= 0.3 is 12.1 Å². The highest BCUT2D eigenvalue weighted by atomic mass is 19.1. The molecule has 1 amide bonds. The van der Waals surface area contributed by atoms with Crippen molar-refractivity contribution in [3.63, 3.8) is 0 Å². The third-order valence-electron chi connectivity index (χ3n) is 6.76. The molecule has 3 aliphatic heterocycles. The van der Waals surface area contributed by atoms with E-state index < -0.39 is 24.1 Å². The van der Waals surface area contributed by atoms with E-state index in [4.69, 9.17) is 14.3 Å². The zero-order valence-corrected chi connectivity index (χ0v) is 20.8. The SMILES string of the molecule is O=C(OC[C@@H]1C=C(c2ccc(-c3ccc(N4C[C@H](Cn5ccnn5)OC4=O)cc3F)cn2)NO1)[C@@H]1CCCN1. The van der Waals surface area contributed by atoms with Gasteiger partial charge in [0, 0.05) is 23.5 Å². The first-order valence-corrected chi connectivity index (χ1v) is 12.7. The Morgan fingerprint density at radius 3 is 2.92 bits per heavy atom. The number of ether oxygens (including phenoxy) is 2. The van der Waals surface area contributed by atoms with Crippen LogP contribution in [-0.4, -0.2) is 70.0 Å². The molecule has 1 aromatic carbocycles. The number of hydroxylamine groups is 1. The summed E-state index contributed by atoms with van der Waals surface area (Å²) >= 11 is 0. The molecule has 0 unspecified atom stereocenters. The van der Waals surface area contributed by atoms with Crippen molar-refractivity contribution in [1.82, 2.24) is 30.8 Å². The lowest BCUT2D eigenvalue weighted by atomic mass is 10.1. The number of hydrogen-bond acceptors (Lipinski definition) is 10. The molecule has 202 valence electrons. The van der Waals surface area contributed by atoms with Crippen LogP contribution in [0.1, 0.15) is 18.5 Å². The fourth-order valence-electron chi connectivity index (χ4n) is 4.75. The third kappa shape index (κ3) is 5.45. The summed E-state index contributed by atoms with van der Waals surface area (Å²) in [6, 6.07) is 7.84. The first-order chi connectivity index (χ1) is 19.0. The average molecular weight is 536 g/mol. The van der Waals surface area contributed by atoms with Crippen LogP contribution in [0.15, 0.2) is 55.0 Å². The standard InChI is InChI=1S/C26H26FN7O5/c27-21-10-17(34-14-19(38-26(34)36)13-33-9-8-30-32-33)4-5-20(21)16-3-6-22(29-12-16)24-11-18(39-31-24)15-37-25(35)23-2-1-7-28-23/h3-6,8-12,18-19,23,28,31H,1-2,7,13-15H2/t18-,19-,23-/m0/s1. The van der Waals surface area contributed by atoms with Gasteiger partial charge < -0.3 is 14.8 Å². The van der Waals surface area contributed by atoms with Gasteiger partial charge in [-0.2, -0.15) is 0 Å². The van der Waals surface area contributed by atoms with Crippen LogP contribution >= 0.6 is 0 Å². The number of carbonyl (C=O) groups excluding carboxylic acids is 2. The van der Waals surface area contributed by atoms with Gasteiger partial charge in [0.25, 0.3) is 0 Å². The number of nitrogens with zero attached hydrogens (tertiary/aromatic N) is 5. The second kappa shape index (κ2) is 10.8. The minimum atomic E-state index is -0.541. The first kappa shape index (κ1) is 24.9. The number of nitrogens with one attached hydrogen (secondary N) is 2. The molecule has 0 bridgehead atoms. The molecule has 2 saturated heterocycles. The van der Waals surface area contributed by atoms with E-state index in [0.29, 0.717) is 34.8 Å². The number of cyclic esters (lactones) is 1. The summed E-state index contributed by atoms with van der Waals surface area (Å²) in [6.45, 7) is 1.55. The van der Waals surface area contributed by atoms with Crippen molar-refractivity contribution >= 4 is 23.4 Å². The van der Waals surface area contributed by atoms with E-state index in [0.717, 1.165) is 19.4 Å². The maximum absolute atomic E-state index is 15.1. The smallest absolute Gasteiger partial charge is 0.414 e. The number of pyridine rings is 1. The monoisotopic (exact) mass is 535 g/mol. The molecule has 6 rings (SSSR count). The molecule has 0 saturated carbocycles. The van der Waals surface area contributed by atoms with E-state index in [1.54, 1.807) is 53.6 Å². The molecule has 3 aliphatic rings. The van der Waals surface area contributed by atoms with Gasteiger partial charge in [0.2, 0.25) is 0 Å². The maximum atomic E-state index is 15.1. The number of anilines is 1. The van der Waals surface area contributed by atoms with Crippen molar-refractivity contribution in [3.05, 3.63) is 66.5 Å². The van der Waals surface area contributed by atoms with Gasteiger partial charge in [-0.25, -0.2) is 13.9 Å². The highest BCUT2D eigenvalue weighted by molar-refractivity contribution is 5.90. The molecule has 13 heteroatoms. The first-order valence-electron chi connectivity index (χ1n) is 12.7. The van der Waals surface area contributed by atoms with Gasteiger partial charge in [0.1, 0.15) is 30.7 Å². The van der Waals surface area contributed by atoms with Gasteiger partial charge in [0.15, 0.2) is 0 Å². The molecule has 3 aromatic rings. The van der Waals surface area contributed by atoms with Crippen LogP contribution in [-0.2, 0) is 25.7 Å². The molecule has 0 radical (unpaired) electrons. The van der Waals surface area contributed by atoms with Crippen LogP contribution in [0.5, 0.6) is 0 Å². The lowest BCUT2D eigenvalue weighted by molar-refractivity contribution is -0.149. The fourth-order valence-corrected chi connectivity index (χ4v) is 4.75. The minimum Gasteiger partial charge on any atom is -0.461 e. The van der Waals surface area contributed by atoms with Crippen molar-refractivity contribution in [2.24, 2.45) is 0 Å². The quantitative estimate of drug-likeness (QED) is 0.413.